The van der Waals surface area contributed by atoms with Crippen molar-refractivity contribution in [1.82, 2.24) is 25.1 Å². The van der Waals surface area contributed by atoms with Gasteiger partial charge in [-0.2, -0.15) is 0 Å². The van der Waals surface area contributed by atoms with Crippen LogP contribution in [0.15, 0.2) is 30.3 Å². The minimum Gasteiger partial charge on any atom is -0.357 e. The van der Waals surface area contributed by atoms with E-state index >= 15 is 0 Å². The van der Waals surface area contributed by atoms with Crippen molar-refractivity contribution >= 4 is 11.8 Å². The zero-order valence-electron chi connectivity index (χ0n) is 17.2. The van der Waals surface area contributed by atoms with E-state index < -0.39 is 11.5 Å². The standard InChI is InChI=1S/C21H29N5O2/c1-21(2,3)17(20(28)22-4)24-19(27)16-15-13-25(5)11-12-26(15)18(23-16)14-9-7-6-8-10-14/h6-10,17H,11-13H2,1-5H3,(H,22,28)(H,24,27). The summed E-state index contributed by atoms with van der Waals surface area (Å²) in [4.78, 5) is 32.4. The van der Waals surface area contributed by atoms with Gasteiger partial charge in [-0.1, -0.05) is 51.1 Å². The lowest BCUT2D eigenvalue weighted by atomic mass is 9.86. The molecule has 0 aliphatic carbocycles. The molecule has 0 fully saturated rings. The Bertz CT molecular complexity index is 867. The highest BCUT2D eigenvalue weighted by Crippen LogP contribution is 2.27. The number of hydrogen-bond donors (Lipinski definition) is 2. The number of nitrogens with one attached hydrogen (secondary N) is 2. The Labute approximate surface area is 166 Å². The van der Waals surface area contributed by atoms with Crippen molar-refractivity contribution < 1.29 is 9.59 Å². The molecule has 1 aliphatic heterocycles. The van der Waals surface area contributed by atoms with E-state index in [1.807, 2.05) is 58.2 Å². The van der Waals surface area contributed by atoms with Crippen LogP contribution in [0.4, 0.5) is 0 Å². The first kappa shape index (κ1) is 20.1. The number of benzene rings is 1. The second-order valence-corrected chi connectivity index (χ2v) is 8.37. The van der Waals surface area contributed by atoms with Crippen LogP contribution in [-0.4, -0.2) is 52.9 Å². The number of imidazole rings is 1. The number of aromatic nitrogens is 2. The number of carbonyl (C=O) groups excluding carboxylic acids is 2. The van der Waals surface area contributed by atoms with Gasteiger partial charge in [0, 0.05) is 32.2 Å². The topological polar surface area (TPSA) is 79.3 Å². The fourth-order valence-corrected chi connectivity index (χ4v) is 3.50. The Hall–Kier alpha value is -2.67. The van der Waals surface area contributed by atoms with Crippen LogP contribution >= 0.6 is 0 Å². The lowest BCUT2D eigenvalue weighted by Gasteiger charge is -2.30. The van der Waals surface area contributed by atoms with E-state index in [4.69, 9.17) is 4.98 Å². The summed E-state index contributed by atoms with van der Waals surface area (Å²) in [5, 5.41) is 5.55. The molecule has 2 N–H and O–H groups in total. The molecular formula is C21H29N5O2. The maximum absolute atomic E-state index is 13.2. The molecule has 7 nitrogen and oxygen atoms in total. The molecular weight excluding hydrogens is 354 g/mol. The average molecular weight is 383 g/mol. The molecule has 0 saturated carbocycles. The van der Waals surface area contributed by atoms with Gasteiger partial charge in [0.15, 0.2) is 5.69 Å². The van der Waals surface area contributed by atoms with Crippen molar-refractivity contribution in [2.45, 2.75) is 39.9 Å². The number of fused-ring (bicyclic) bond motifs is 1. The van der Waals surface area contributed by atoms with Crippen molar-refractivity contribution in [2.24, 2.45) is 5.41 Å². The van der Waals surface area contributed by atoms with Crippen LogP contribution in [0.5, 0.6) is 0 Å². The van der Waals surface area contributed by atoms with Gasteiger partial charge in [-0.25, -0.2) is 4.98 Å². The quantitative estimate of drug-likeness (QED) is 0.845. The molecule has 150 valence electrons. The Kier molecular flexibility index (Phi) is 5.56. The summed E-state index contributed by atoms with van der Waals surface area (Å²) in [7, 11) is 3.61. The molecule has 0 saturated heterocycles. The maximum atomic E-state index is 13.2. The van der Waals surface area contributed by atoms with Crippen LogP contribution in [0.3, 0.4) is 0 Å². The van der Waals surface area contributed by atoms with Crippen molar-refractivity contribution in [1.29, 1.82) is 0 Å². The van der Waals surface area contributed by atoms with Crippen LogP contribution in [0.2, 0.25) is 0 Å². The highest BCUT2D eigenvalue weighted by molar-refractivity contribution is 5.97. The number of amides is 2. The van der Waals surface area contributed by atoms with Gasteiger partial charge in [0.25, 0.3) is 5.91 Å². The smallest absolute Gasteiger partial charge is 0.272 e. The van der Waals surface area contributed by atoms with Crippen molar-refractivity contribution in [3.63, 3.8) is 0 Å². The highest BCUT2D eigenvalue weighted by Gasteiger charge is 2.34. The zero-order chi connectivity index (χ0) is 20.5. The van der Waals surface area contributed by atoms with Gasteiger partial charge in [0.2, 0.25) is 5.91 Å². The minimum absolute atomic E-state index is 0.214. The molecule has 0 bridgehead atoms. The molecule has 2 heterocycles. The van der Waals surface area contributed by atoms with Gasteiger partial charge in [-0.05, 0) is 12.5 Å². The minimum atomic E-state index is -0.649. The molecule has 1 aromatic carbocycles. The van der Waals surface area contributed by atoms with E-state index in [1.165, 1.54) is 0 Å². The summed E-state index contributed by atoms with van der Waals surface area (Å²) in [5.74, 6) is 0.264. The second-order valence-electron chi connectivity index (χ2n) is 8.37. The first-order valence-electron chi connectivity index (χ1n) is 9.58. The fraction of sp³-hybridized carbons (Fsp3) is 0.476. The number of nitrogens with zero attached hydrogens (tertiary/aromatic N) is 3. The summed E-state index contributed by atoms with van der Waals surface area (Å²) in [6.45, 7) is 8.10. The molecule has 2 aromatic rings. The van der Waals surface area contributed by atoms with Gasteiger partial charge in [0.1, 0.15) is 11.9 Å². The van der Waals surface area contributed by atoms with Crippen molar-refractivity contribution in [2.75, 3.05) is 20.6 Å². The number of rotatable bonds is 4. The van der Waals surface area contributed by atoms with E-state index in [1.54, 1.807) is 7.05 Å². The van der Waals surface area contributed by atoms with Crippen LogP contribution in [0.1, 0.15) is 37.0 Å². The zero-order valence-corrected chi connectivity index (χ0v) is 17.2. The molecule has 28 heavy (non-hydrogen) atoms. The molecule has 0 spiro atoms. The second kappa shape index (κ2) is 7.75. The number of hydrogen-bond acceptors (Lipinski definition) is 4. The molecule has 2 amide bonds. The largest absolute Gasteiger partial charge is 0.357 e. The Morgan fingerprint density at radius 3 is 2.43 bits per heavy atom. The van der Waals surface area contributed by atoms with Crippen LogP contribution in [0, 0.1) is 5.41 Å². The summed E-state index contributed by atoms with van der Waals surface area (Å²) in [6.07, 6.45) is 0. The first-order valence-corrected chi connectivity index (χ1v) is 9.58. The lowest BCUT2D eigenvalue weighted by Crippen LogP contribution is -2.53. The predicted octanol–water partition coefficient (Wildman–Crippen LogP) is 1.89. The highest BCUT2D eigenvalue weighted by atomic mass is 16.2. The number of likely N-dealkylation sites (N-methyl/N-ethyl adjacent to an activating group) is 2. The van der Waals surface area contributed by atoms with Gasteiger partial charge in [-0.3, -0.25) is 14.5 Å². The molecule has 1 atom stereocenters. The van der Waals surface area contributed by atoms with E-state index in [9.17, 15) is 9.59 Å². The monoisotopic (exact) mass is 383 g/mol. The Morgan fingerprint density at radius 2 is 1.82 bits per heavy atom. The molecule has 1 aromatic heterocycles. The SMILES string of the molecule is CNC(=O)C(NC(=O)c1nc(-c2ccccc2)n2c1CN(C)CC2)C(C)(C)C. The van der Waals surface area contributed by atoms with E-state index in [0.29, 0.717) is 12.2 Å². The van der Waals surface area contributed by atoms with Gasteiger partial charge < -0.3 is 15.2 Å². The van der Waals surface area contributed by atoms with Crippen LogP contribution in [-0.2, 0) is 17.9 Å². The van der Waals surface area contributed by atoms with Crippen molar-refractivity contribution in [3.05, 3.63) is 41.7 Å². The van der Waals surface area contributed by atoms with Gasteiger partial charge >= 0.3 is 0 Å². The third-order valence-electron chi connectivity index (χ3n) is 5.09. The summed E-state index contributed by atoms with van der Waals surface area (Å²) in [6, 6.07) is 9.24. The molecule has 1 unspecified atom stereocenters. The van der Waals surface area contributed by atoms with Crippen LogP contribution < -0.4 is 10.6 Å². The van der Waals surface area contributed by atoms with Gasteiger partial charge in [-0.15, -0.1) is 0 Å². The van der Waals surface area contributed by atoms with Crippen molar-refractivity contribution in [3.8, 4) is 11.4 Å². The Balaban J connectivity index is 2.00. The third kappa shape index (κ3) is 3.94. The summed E-state index contributed by atoms with van der Waals surface area (Å²) in [5.41, 5.74) is 1.83. The summed E-state index contributed by atoms with van der Waals surface area (Å²) >= 11 is 0. The Morgan fingerprint density at radius 1 is 1.14 bits per heavy atom. The van der Waals surface area contributed by atoms with E-state index in [2.05, 4.69) is 20.1 Å². The normalized spacial score (nSPS) is 15.6. The van der Waals surface area contributed by atoms with E-state index in [-0.39, 0.29) is 11.8 Å². The average Bonchev–Trinajstić information content (AvgIpc) is 3.03. The molecule has 0 radical (unpaired) electrons. The van der Waals surface area contributed by atoms with Crippen LogP contribution in [0.25, 0.3) is 11.4 Å². The third-order valence-corrected chi connectivity index (χ3v) is 5.09. The first-order chi connectivity index (χ1) is 13.2. The maximum Gasteiger partial charge on any atom is 0.272 e. The number of carbonyl (C=O) groups is 2. The lowest BCUT2D eigenvalue weighted by molar-refractivity contribution is -0.124. The molecule has 7 heteroatoms. The summed E-state index contributed by atoms with van der Waals surface area (Å²) < 4.78 is 2.12. The van der Waals surface area contributed by atoms with E-state index in [0.717, 1.165) is 30.2 Å². The molecule has 1 aliphatic rings. The molecule has 3 rings (SSSR count). The predicted molar refractivity (Wildman–Crippen MR) is 109 cm³/mol. The van der Waals surface area contributed by atoms with Gasteiger partial charge in [0.05, 0.1) is 5.69 Å². The fourth-order valence-electron chi connectivity index (χ4n) is 3.50.